The van der Waals surface area contributed by atoms with E-state index in [0.717, 1.165) is 5.56 Å². The van der Waals surface area contributed by atoms with Crippen molar-refractivity contribution in [1.29, 1.82) is 0 Å². The van der Waals surface area contributed by atoms with Gasteiger partial charge in [0.05, 0.1) is 24.5 Å². The number of rotatable bonds is 6. The predicted octanol–water partition coefficient (Wildman–Crippen LogP) is 2.55. The maximum absolute atomic E-state index is 12.7. The lowest BCUT2D eigenvalue weighted by molar-refractivity contribution is 0.0730. The Morgan fingerprint density at radius 1 is 1.03 bits per heavy atom. The maximum Gasteiger partial charge on any atom is 0.322 e. The molecular formula is C22H24N4O5S. The topological polar surface area (TPSA) is 115 Å². The molecule has 10 heteroatoms. The van der Waals surface area contributed by atoms with Crippen molar-refractivity contribution in [3.63, 3.8) is 0 Å². The SMILES string of the molecule is Cc1ccc(Cc2nnc(NC(=O)c3ccc(S(=O)(=O)N4CCOCC4)cc3)o2)cc1C. The minimum atomic E-state index is -3.61. The molecule has 0 saturated carbocycles. The van der Waals surface area contributed by atoms with Crippen LogP contribution in [0.3, 0.4) is 0 Å². The summed E-state index contributed by atoms with van der Waals surface area (Å²) in [5.74, 6) is -0.0859. The number of aromatic nitrogens is 2. The van der Waals surface area contributed by atoms with Gasteiger partial charge in [-0.05, 0) is 54.8 Å². The molecule has 0 spiro atoms. The number of nitrogens with one attached hydrogen (secondary N) is 1. The molecule has 1 fully saturated rings. The molecule has 0 radical (unpaired) electrons. The number of morpholine rings is 1. The Balaban J connectivity index is 1.40. The van der Waals surface area contributed by atoms with Crippen LogP contribution in [0.25, 0.3) is 0 Å². The minimum Gasteiger partial charge on any atom is -0.407 e. The number of nitrogens with zero attached hydrogens (tertiary/aromatic N) is 3. The maximum atomic E-state index is 12.7. The van der Waals surface area contributed by atoms with Crippen molar-refractivity contribution >= 4 is 21.9 Å². The van der Waals surface area contributed by atoms with Crippen molar-refractivity contribution in [2.24, 2.45) is 0 Å². The van der Waals surface area contributed by atoms with E-state index in [1.165, 1.54) is 39.7 Å². The number of ether oxygens (including phenoxy) is 1. The molecule has 168 valence electrons. The Hall–Kier alpha value is -3.08. The van der Waals surface area contributed by atoms with Crippen molar-refractivity contribution in [2.75, 3.05) is 31.6 Å². The summed E-state index contributed by atoms with van der Waals surface area (Å²) >= 11 is 0. The average molecular weight is 457 g/mol. The zero-order valence-corrected chi connectivity index (χ0v) is 18.7. The predicted molar refractivity (Wildman–Crippen MR) is 117 cm³/mol. The quantitative estimate of drug-likeness (QED) is 0.606. The summed E-state index contributed by atoms with van der Waals surface area (Å²) in [5.41, 5.74) is 3.69. The molecule has 1 amide bonds. The standard InChI is InChI=1S/C22H24N4O5S/c1-15-3-4-17(13-16(15)2)14-20-24-25-22(31-20)23-21(27)18-5-7-19(8-6-18)32(28,29)26-9-11-30-12-10-26/h3-8,13H,9-12,14H2,1-2H3,(H,23,25,27). The van der Waals surface area contributed by atoms with Gasteiger partial charge in [0.25, 0.3) is 5.91 Å². The first kappa shape index (κ1) is 22.1. The molecule has 1 saturated heterocycles. The molecule has 1 aliphatic rings. The van der Waals surface area contributed by atoms with Gasteiger partial charge < -0.3 is 9.15 Å². The minimum absolute atomic E-state index is 0.0150. The summed E-state index contributed by atoms with van der Waals surface area (Å²) in [5, 5.41) is 10.4. The Labute approximate surface area is 186 Å². The van der Waals surface area contributed by atoms with Gasteiger partial charge in [-0.2, -0.15) is 4.31 Å². The van der Waals surface area contributed by atoms with Crippen molar-refractivity contribution in [3.8, 4) is 0 Å². The lowest BCUT2D eigenvalue weighted by Crippen LogP contribution is -2.40. The third kappa shape index (κ3) is 4.87. The summed E-state index contributed by atoms with van der Waals surface area (Å²) < 4.78 is 37.5. The van der Waals surface area contributed by atoms with Gasteiger partial charge >= 0.3 is 6.01 Å². The number of anilines is 1. The molecule has 2 aromatic carbocycles. The average Bonchev–Trinajstić information content (AvgIpc) is 3.23. The van der Waals surface area contributed by atoms with Crippen LogP contribution in [0.4, 0.5) is 6.01 Å². The lowest BCUT2D eigenvalue weighted by Gasteiger charge is -2.26. The van der Waals surface area contributed by atoms with Crippen LogP contribution in [0.1, 0.15) is 32.9 Å². The Morgan fingerprint density at radius 3 is 2.44 bits per heavy atom. The Morgan fingerprint density at radius 2 is 1.75 bits per heavy atom. The molecule has 1 aliphatic heterocycles. The monoisotopic (exact) mass is 456 g/mol. The van der Waals surface area contributed by atoms with E-state index in [9.17, 15) is 13.2 Å². The highest BCUT2D eigenvalue weighted by Gasteiger charge is 2.26. The van der Waals surface area contributed by atoms with E-state index in [1.54, 1.807) is 0 Å². The van der Waals surface area contributed by atoms with Gasteiger partial charge in [-0.25, -0.2) is 8.42 Å². The van der Waals surface area contributed by atoms with E-state index in [2.05, 4.69) is 21.6 Å². The molecule has 3 aromatic rings. The second-order valence-electron chi connectivity index (χ2n) is 7.59. The van der Waals surface area contributed by atoms with E-state index in [4.69, 9.17) is 9.15 Å². The van der Waals surface area contributed by atoms with Crippen LogP contribution in [-0.2, 0) is 21.2 Å². The fraction of sp³-hybridized carbons (Fsp3) is 0.318. The second-order valence-corrected chi connectivity index (χ2v) is 9.53. The van der Waals surface area contributed by atoms with Gasteiger partial charge in [-0.1, -0.05) is 23.3 Å². The van der Waals surface area contributed by atoms with Crippen LogP contribution in [-0.4, -0.2) is 55.1 Å². The van der Waals surface area contributed by atoms with Crippen LogP contribution >= 0.6 is 0 Å². The molecule has 1 aromatic heterocycles. The van der Waals surface area contributed by atoms with Gasteiger partial charge in [-0.15, -0.1) is 5.10 Å². The molecule has 4 rings (SSSR count). The smallest absolute Gasteiger partial charge is 0.322 e. The zero-order valence-electron chi connectivity index (χ0n) is 17.9. The number of hydrogen-bond acceptors (Lipinski definition) is 7. The first-order chi connectivity index (χ1) is 15.3. The van der Waals surface area contributed by atoms with E-state index in [1.807, 2.05) is 26.0 Å². The van der Waals surface area contributed by atoms with Crippen LogP contribution in [0.15, 0.2) is 51.8 Å². The van der Waals surface area contributed by atoms with Crippen LogP contribution in [0.2, 0.25) is 0 Å². The Kier molecular flexibility index (Phi) is 6.35. The number of sulfonamides is 1. The van der Waals surface area contributed by atoms with Crippen LogP contribution < -0.4 is 5.32 Å². The molecule has 1 N–H and O–H groups in total. The van der Waals surface area contributed by atoms with Crippen molar-refractivity contribution in [1.82, 2.24) is 14.5 Å². The summed E-state index contributed by atoms with van der Waals surface area (Å²) in [7, 11) is -3.61. The summed E-state index contributed by atoms with van der Waals surface area (Å²) in [6.07, 6.45) is 0.456. The lowest BCUT2D eigenvalue weighted by atomic mass is 10.0. The van der Waals surface area contributed by atoms with Crippen molar-refractivity contribution < 1.29 is 22.4 Å². The zero-order chi connectivity index (χ0) is 22.7. The van der Waals surface area contributed by atoms with Gasteiger partial charge in [0.1, 0.15) is 0 Å². The molecular weight excluding hydrogens is 432 g/mol. The first-order valence-electron chi connectivity index (χ1n) is 10.2. The molecule has 0 bridgehead atoms. The number of carbonyl (C=O) groups is 1. The van der Waals surface area contributed by atoms with Crippen LogP contribution in [0, 0.1) is 13.8 Å². The molecule has 0 atom stereocenters. The number of carbonyl (C=O) groups excluding carboxylic acids is 1. The van der Waals surface area contributed by atoms with E-state index < -0.39 is 15.9 Å². The van der Waals surface area contributed by atoms with E-state index >= 15 is 0 Å². The summed E-state index contributed by atoms with van der Waals surface area (Å²) in [6, 6.07) is 11.8. The fourth-order valence-corrected chi connectivity index (χ4v) is 4.76. The molecule has 0 unspecified atom stereocenters. The Bertz CT molecular complexity index is 1220. The molecule has 9 nitrogen and oxygen atoms in total. The normalized spacial score (nSPS) is 14.9. The van der Waals surface area contributed by atoms with E-state index in [-0.39, 0.29) is 16.5 Å². The summed E-state index contributed by atoms with van der Waals surface area (Å²) in [6.45, 7) is 5.45. The molecule has 0 aliphatic carbocycles. The molecule has 2 heterocycles. The van der Waals surface area contributed by atoms with E-state index in [0.29, 0.717) is 38.6 Å². The third-order valence-corrected chi connectivity index (χ3v) is 7.25. The fourth-order valence-electron chi connectivity index (χ4n) is 3.35. The van der Waals surface area contributed by atoms with Gasteiger partial charge in [0.15, 0.2) is 0 Å². The van der Waals surface area contributed by atoms with Gasteiger partial charge in [0.2, 0.25) is 15.9 Å². The number of hydrogen-bond donors (Lipinski definition) is 1. The van der Waals surface area contributed by atoms with Gasteiger partial charge in [-0.3, -0.25) is 10.1 Å². The second kappa shape index (κ2) is 9.19. The molecule has 32 heavy (non-hydrogen) atoms. The summed E-state index contributed by atoms with van der Waals surface area (Å²) in [4.78, 5) is 12.6. The third-order valence-electron chi connectivity index (χ3n) is 5.34. The number of benzene rings is 2. The number of amides is 1. The van der Waals surface area contributed by atoms with Crippen LogP contribution in [0.5, 0.6) is 0 Å². The highest BCUT2D eigenvalue weighted by molar-refractivity contribution is 7.89. The number of aryl methyl sites for hydroxylation is 2. The van der Waals surface area contributed by atoms with Gasteiger partial charge in [0, 0.05) is 18.7 Å². The highest BCUT2D eigenvalue weighted by Crippen LogP contribution is 2.19. The van der Waals surface area contributed by atoms with Crippen molar-refractivity contribution in [2.45, 2.75) is 25.2 Å². The van der Waals surface area contributed by atoms with Crippen molar-refractivity contribution in [3.05, 3.63) is 70.6 Å². The first-order valence-corrected chi connectivity index (χ1v) is 11.6. The largest absolute Gasteiger partial charge is 0.407 e. The highest BCUT2D eigenvalue weighted by atomic mass is 32.2.